The van der Waals surface area contributed by atoms with Crippen molar-refractivity contribution in [3.63, 3.8) is 0 Å². The van der Waals surface area contributed by atoms with Crippen LogP contribution in [-0.4, -0.2) is 30.4 Å². The minimum atomic E-state index is 0. The molecule has 3 nitrogen and oxygen atoms in total. The zero-order valence-corrected chi connectivity index (χ0v) is 16.2. The maximum atomic E-state index is 12.8. The van der Waals surface area contributed by atoms with Gasteiger partial charge in [-0.05, 0) is 43.7 Å². The SMILES string of the molecule is C=CCN(CC#Cc1ccccc1)C(=O)c1ccc(C2CCCN2)s1.Cl. The fraction of sp³-hybridized carbons (Fsp3) is 0.286. The number of hydrogen-bond acceptors (Lipinski definition) is 3. The lowest BCUT2D eigenvalue weighted by Crippen LogP contribution is -2.31. The zero-order valence-electron chi connectivity index (χ0n) is 14.6. The van der Waals surface area contributed by atoms with Gasteiger partial charge in [-0.1, -0.05) is 36.1 Å². The van der Waals surface area contributed by atoms with Gasteiger partial charge in [0, 0.05) is 23.0 Å². The maximum absolute atomic E-state index is 12.8. The van der Waals surface area contributed by atoms with Crippen molar-refractivity contribution in [3.8, 4) is 11.8 Å². The molecule has 1 amide bonds. The molecule has 1 saturated heterocycles. The molecular formula is C21H23ClN2OS. The van der Waals surface area contributed by atoms with Crippen LogP contribution in [-0.2, 0) is 0 Å². The quantitative estimate of drug-likeness (QED) is 0.614. The van der Waals surface area contributed by atoms with Crippen LogP contribution in [0.15, 0.2) is 55.1 Å². The van der Waals surface area contributed by atoms with E-state index in [4.69, 9.17) is 0 Å². The van der Waals surface area contributed by atoms with E-state index < -0.39 is 0 Å². The molecule has 0 bridgehead atoms. The normalized spacial score (nSPS) is 15.5. The lowest BCUT2D eigenvalue weighted by molar-refractivity contribution is 0.0798. The standard InChI is InChI=1S/C21H22N2OS.ClH/c1-2-15-23(16-7-10-17-8-4-3-5-9-17)21(24)20-13-12-19(25-20)18-11-6-14-22-18;/h2-5,8-9,12-13,18,22H,1,6,11,14-16H2;1H. The van der Waals surface area contributed by atoms with E-state index in [1.54, 1.807) is 22.3 Å². The van der Waals surface area contributed by atoms with Crippen molar-refractivity contribution in [2.75, 3.05) is 19.6 Å². The summed E-state index contributed by atoms with van der Waals surface area (Å²) in [5, 5.41) is 3.48. The van der Waals surface area contributed by atoms with Crippen LogP contribution in [0.1, 0.15) is 39.0 Å². The number of carbonyl (C=O) groups excluding carboxylic acids is 1. The summed E-state index contributed by atoms with van der Waals surface area (Å²) in [7, 11) is 0. The smallest absolute Gasteiger partial charge is 0.264 e. The summed E-state index contributed by atoms with van der Waals surface area (Å²) in [5.41, 5.74) is 0.958. The van der Waals surface area contributed by atoms with Gasteiger partial charge >= 0.3 is 0 Å². The highest BCUT2D eigenvalue weighted by atomic mass is 35.5. The second kappa shape index (κ2) is 10.2. The summed E-state index contributed by atoms with van der Waals surface area (Å²) in [6, 6.07) is 14.2. The van der Waals surface area contributed by atoms with E-state index in [0.29, 0.717) is 19.1 Å². The Kier molecular flexibility index (Phi) is 7.93. The molecule has 1 atom stereocenters. The van der Waals surface area contributed by atoms with E-state index in [2.05, 4.69) is 29.8 Å². The van der Waals surface area contributed by atoms with Gasteiger partial charge in [0.15, 0.2) is 0 Å². The minimum absolute atomic E-state index is 0. The van der Waals surface area contributed by atoms with Gasteiger partial charge in [-0.3, -0.25) is 4.79 Å². The summed E-state index contributed by atoms with van der Waals surface area (Å²) in [4.78, 5) is 16.6. The number of carbonyl (C=O) groups is 1. The van der Waals surface area contributed by atoms with Crippen LogP contribution in [0.25, 0.3) is 0 Å². The lowest BCUT2D eigenvalue weighted by atomic mass is 10.2. The number of amides is 1. The molecule has 0 saturated carbocycles. The third-order valence-electron chi connectivity index (χ3n) is 4.15. The van der Waals surface area contributed by atoms with E-state index in [-0.39, 0.29) is 18.3 Å². The molecule has 1 aromatic carbocycles. The predicted molar refractivity (Wildman–Crippen MR) is 111 cm³/mol. The molecule has 26 heavy (non-hydrogen) atoms. The number of nitrogens with zero attached hydrogens (tertiary/aromatic N) is 1. The maximum Gasteiger partial charge on any atom is 0.264 e. The fourth-order valence-corrected chi connectivity index (χ4v) is 3.96. The molecule has 5 heteroatoms. The molecule has 1 unspecified atom stereocenters. The average molecular weight is 387 g/mol. The number of hydrogen-bond donors (Lipinski definition) is 1. The number of rotatable bonds is 5. The molecule has 136 valence electrons. The van der Waals surface area contributed by atoms with E-state index in [1.807, 2.05) is 36.4 Å². The van der Waals surface area contributed by atoms with Gasteiger partial charge in [-0.15, -0.1) is 30.3 Å². The first-order valence-corrected chi connectivity index (χ1v) is 9.37. The van der Waals surface area contributed by atoms with Crippen molar-refractivity contribution in [2.24, 2.45) is 0 Å². The molecule has 1 aliphatic heterocycles. The van der Waals surface area contributed by atoms with Crippen LogP contribution in [0.5, 0.6) is 0 Å². The van der Waals surface area contributed by atoms with Gasteiger partial charge in [-0.25, -0.2) is 0 Å². The number of benzene rings is 1. The lowest BCUT2D eigenvalue weighted by Gasteiger charge is -2.17. The predicted octanol–water partition coefficient (Wildman–Crippen LogP) is 4.27. The highest BCUT2D eigenvalue weighted by Crippen LogP contribution is 2.29. The number of thiophene rings is 1. The molecule has 3 rings (SSSR count). The molecule has 2 heterocycles. The molecule has 0 radical (unpaired) electrons. The van der Waals surface area contributed by atoms with Crippen molar-refractivity contribution in [2.45, 2.75) is 18.9 Å². The highest BCUT2D eigenvalue weighted by Gasteiger charge is 2.21. The van der Waals surface area contributed by atoms with Crippen molar-refractivity contribution in [1.29, 1.82) is 0 Å². The first kappa shape index (κ1) is 20.3. The van der Waals surface area contributed by atoms with Gasteiger partial charge in [0.2, 0.25) is 0 Å². The largest absolute Gasteiger partial charge is 0.323 e. The molecule has 1 aromatic heterocycles. The van der Waals surface area contributed by atoms with E-state index >= 15 is 0 Å². The average Bonchev–Trinajstić information content (AvgIpc) is 3.32. The zero-order chi connectivity index (χ0) is 17.5. The van der Waals surface area contributed by atoms with E-state index in [1.165, 1.54) is 11.3 Å². The van der Waals surface area contributed by atoms with Crippen LogP contribution in [0, 0.1) is 11.8 Å². The summed E-state index contributed by atoms with van der Waals surface area (Å²) in [5.74, 6) is 6.23. The second-order valence-corrected chi connectivity index (χ2v) is 7.11. The van der Waals surface area contributed by atoms with Crippen molar-refractivity contribution in [1.82, 2.24) is 10.2 Å². The van der Waals surface area contributed by atoms with Crippen LogP contribution in [0.2, 0.25) is 0 Å². The van der Waals surface area contributed by atoms with Crippen LogP contribution < -0.4 is 5.32 Å². The Hall–Kier alpha value is -2.06. The molecule has 1 N–H and O–H groups in total. The Balaban J connectivity index is 0.00000243. The second-order valence-electron chi connectivity index (χ2n) is 5.99. The fourth-order valence-electron chi connectivity index (χ4n) is 2.87. The summed E-state index contributed by atoms with van der Waals surface area (Å²) in [6.45, 7) is 5.72. The highest BCUT2D eigenvalue weighted by molar-refractivity contribution is 7.14. The third-order valence-corrected chi connectivity index (χ3v) is 5.34. The monoisotopic (exact) mass is 386 g/mol. The van der Waals surface area contributed by atoms with E-state index in [9.17, 15) is 4.79 Å². The van der Waals surface area contributed by atoms with Gasteiger partial charge < -0.3 is 10.2 Å². The first-order valence-electron chi connectivity index (χ1n) is 8.55. The Bertz CT molecular complexity index is 785. The number of halogens is 1. The molecular weight excluding hydrogens is 364 g/mol. The molecule has 1 fully saturated rings. The first-order chi connectivity index (χ1) is 12.3. The molecule has 0 spiro atoms. The van der Waals surface area contributed by atoms with Gasteiger partial charge in [-0.2, -0.15) is 0 Å². The minimum Gasteiger partial charge on any atom is -0.323 e. The van der Waals surface area contributed by atoms with Gasteiger partial charge in [0.1, 0.15) is 0 Å². The van der Waals surface area contributed by atoms with Crippen molar-refractivity contribution >= 4 is 29.7 Å². The number of nitrogens with one attached hydrogen (secondary N) is 1. The van der Waals surface area contributed by atoms with Crippen LogP contribution in [0.4, 0.5) is 0 Å². The van der Waals surface area contributed by atoms with Gasteiger partial charge in [0.05, 0.1) is 11.4 Å². The Morgan fingerprint density at radius 1 is 1.31 bits per heavy atom. The van der Waals surface area contributed by atoms with Crippen LogP contribution >= 0.6 is 23.7 Å². The summed E-state index contributed by atoms with van der Waals surface area (Å²) >= 11 is 1.59. The van der Waals surface area contributed by atoms with Gasteiger partial charge in [0.25, 0.3) is 5.91 Å². The van der Waals surface area contributed by atoms with E-state index in [0.717, 1.165) is 23.4 Å². The summed E-state index contributed by atoms with van der Waals surface area (Å²) in [6.07, 6.45) is 4.09. The topological polar surface area (TPSA) is 32.3 Å². The van der Waals surface area contributed by atoms with Crippen molar-refractivity contribution in [3.05, 3.63) is 70.4 Å². The molecule has 0 aliphatic carbocycles. The Morgan fingerprint density at radius 3 is 2.81 bits per heavy atom. The third kappa shape index (κ3) is 5.22. The van der Waals surface area contributed by atoms with Crippen molar-refractivity contribution < 1.29 is 4.79 Å². The summed E-state index contributed by atoms with van der Waals surface area (Å²) < 4.78 is 0. The Labute approximate surface area is 165 Å². The Morgan fingerprint density at radius 2 is 2.12 bits per heavy atom. The van der Waals surface area contributed by atoms with Crippen LogP contribution in [0.3, 0.4) is 0 Å². The molecule has 1 aliphatic rings. The molecule has 2 aromatic rings.